The number of likely N-dealkylation sites (N-methyl/N-ethyl adjacent to an activating group) is 1. The molecule has 0 aliphatic rings. The summed E-state index contributed by atoms with van der Waals surface area (Å²) in [5.41, 5.74) is 5.38. The van der Waals surface area contributed by atoms with Gasteiger partial charge in [0.05, 0.1) is 18.3 Å². The van der Waals surface area contributed by atoms with Crippen LogP contribution in [0.25, 0.3) is 0 Å². The van der Waals surface area contributed by atoms with Gasteiger partial charge in [0.15, 0.2) is 0 Å². The highest BCUT2D eigenvalue weighted by molar-refractivity contribution is 4.75. The van der Waals surface area contributed by atoms with E-state index in [0.717, 1.165) is 0 Å². The van der Waals surface area contributed by atoms with Gasteiger partial charge in [0.25, 0.3) is 0 Å². The topological polar surface area (TPSA) is 90.0 Å². The third kappa shape index (κ3) is 6.40. The molecule has 0 aliphatic heterocycles. The number of rotatable bonds is 8. The fraction of sp³-hybridized carbons (Fsp3) is 1.00. The molecule has 3 atom stereocenters. The molecule has 0 aromatic rings. The third-order valence-electron chi connectivity index (χ3n) is 2.71. The predicted octanol–water partition coefficient (Wildman–Crippen LogP) is -0.994. The van der Waals surface area contributed by atoms with Gasteiger partial charge in [-0.15, -0.1) is 0 Å². The van der Waals surface area contributed by atoms with Crippen LogP contribution in [0.3, 0.4) is 0 Å². The first-order valence-corrected chi connectivity index (χ1v) is 5.81. The van der Waals surface area contributed by atoms with E-state index in [1.807, 2.05) is 25.8 Å². The second-order valence-corrected chi connectivity index (χ2v) is 4.73. The summed E-state index contributed by atoms with van der Waals surface area (Å²) in [6.07, 6.45) is -2.11. The maximum Gasteiger partial charge on any atom is 0.0926 e. The molecule has 5 heteroatoms. The van der Waals surface area contributed by atoms with E-state index in [0.29, 0.717) is 19.6 Å². The number of aliphatic hydroxyl groups excluding tert-OH is 3. The van der Waals surface area contributed by atoms with Crippen molar-refractivity contribution in [3.63, 3.8) is 0 Å². The van der Waals surface area contributed by atoms with Crippen LogP contribution in [-0.2, 0) is 0 Å². The van der Waals surface area contributed by atoms with Gasteiger partial charge in [0, 0.05) is 26.1 Å². The molecule has 0 bridgehead atoms. The van der Waals surface area contributed by atoms with E-state index in [4.69, 9.17) is 5.73 Å². The number of aliphatic hydroxyl groups is 3. The molecule has 16 heavy (non-hydrogen) atoms. The van der Waals surface area contributed by atoms with Crippen LogP contribution in [0.15, 0.2) is 0 Å². The fourth-order valence-electron chi connectivity index (χ4n) is 1.43. The van der Waals surface area contributed by atoms with Crippen molar-refractivity contribution < 1.29 is 15.3 Å². The van der Waals surface area contributed by atoms with Gasteiger partial charge in [0.2, 0.25) is 0 Å². The molecule has 0 aliphatic carbocycles. The van der Waals surface area contributed by atoms with Gasteiger partial charge in [0.1, 0.15) is 0 Å². The molecule has 5 nitrogen and oxygen atoms in total. The lowest BCUT2D eigenvalue weighted by molar-refractivity contribution is -0.0315. The molecule has 98 valence electrons. The smallest absolute Gasteiger partial charge is 0.0926 e. The van der Waals surface area contributed by atoms with Crippen molar-refractivity contribution in [2.75, 3.05) is 26.7 Å². The normalized spacial score (nSPS) is 17.8. The van der Waals surface area contributed by atoms with Crippen molar-refractivity contribution in [1.29, 1.82) is 0 Å². The SMILES string of the molecule is CC(C)C(O)C[C@H](O)C(O)CN(C)CCN. The largest absolute Gasteiger partial charge is 0.393 e. The number of hydrogen-bond donors (Lipinski definition) is 4. The first-order chi connectivity index (χ1) is 7.38. The average molecular weight is 234 g/mol. The lowest BCUT2D eigenvalue weighted by atomic mass is 9.98. The van der Waals surface area contributed by atoms with Gasteiger partial charge in [-0.1, -0.05) is 13.8 Å². The minimum Gasteiger partial charge on any atom is -0.393 e. The van der Waals surface area contributed by atoms with E-state index in [-0.39, 0.29) is 12.3 Å². The molecule has 2 unspecified atom stereocenters. The highest BCUT2D eigenvalue weighted by Crippen LogP contribution is 2.11. The number of nitrogens with two attached hydrogens (primary N) is 1. The van der Waals surface area contributed by atoms with Crippen molar-refractivity contribution in [2.24, 2.45) is 11.7 Å². The van der Waals surface area contributed by atoms with Crippen molar-refractivity contribution in [3.8, 4) is 0 Å². The van der Waals surface area contributed by atoms with Crippen LogP contribution >= 0.6 is 0 Å². The maximum absolute atomic E-state index is 9.70. The Bertz CT molecular complexity index is 179. The summed E-state index contributed by atoms with van der Waals surface area (Å²) in [7, 11) is 1.83. The molecule has 0 radical (unpaired) electrons. The molecule has 0 fully saturated rings. The zero-order chi connectivity index (χ0) is 12.7. The van der Waals surface area contributed by atoms with E-state index < -0.39 is 18.3 Å². The second-order valence-electron chi connectivity index (χ2n) is 4.73. The molecule has 0 heterocycles. The summed E-state index contributed by atoms with van der Waals surface area (Å²) in [5.74, 6) is 0.0867. The zero-order valence-electron chi connectivity index (χ0n) is 10.5. The Hall–Kier alpha value is -0.200. The Morgan fingerprint density at radius 2 is 1.62 bits per heavy atom. The molecule has 0 amide bonds. The van der Waals surface area contributed by atoms with Crippen LogP contribution < -0.4 is 5.73 Å². The minimum absolute atomic E-state index is 0.0867. The lowest BCUT2D eigenvalue weighted by Gasteiger charge is -2.26. The van der Waals surface area contributed by atoms with E-state index in [9.17, 15) is 15.3 Å². The van der Waals surface area contributed by atoms with Crippen molar-refractivity contribution in [3.05, 3.63) is 0 Å². The molecule has 5 N–H and O–H groups in total. The Balaban J connectivity index is 3.93. The fourth-order valence-corrected chi connectivity index (χ4v) is 1.43. The zero-order valence-corrected chi connectivity index (χ0v) is 10.5. The van der Waals surface area contributed by atoms with E-state index in [2.05, 4.69) is 0 Å². The first-order valence-electron chi connectivity index (χ1n) is 5.81. The van der Waals surface area contributed by atoms with Gasteiger partial charge in [-0.2, -0.15) is 0 Å². The predicted molar refractivity (Wildman–Crippen MR) is 64.0 cm³/mol. The van der Waals surface area contributed by atoms with Crippen LogP contribution in [0.1, 0.15) is 20.3 Å². The molecule has 0 aromatic heterocycles. The van der Waals surface area contributed by atoms with Gasteiger partial charge in [-0.3, -0.25) is 0 Å². The number of nitrogens with zero attached hydrogens (tertiary/aromatic N) is 1. The van der Waals surface area contributed by atoms with Crippen LogP contribution in [0.4, 0.5) is 0 Å². The molecular weight excluding hydrogens is 208 g/mol. The average Bonchev–Trinajstić information content (AvgIpc) is 2.17. The Kier molecular flexibility index (Phi) is 7.87. The summed E-state index contributed by atoms with van der Waals surface area (Å²) in [6, 6.07) is 0. The monoisotopic (exact) mass is 234 g/mol. The van der Waals surface area contributed by atoms with Crippen molar-refractivity contribution in [2.45, 2.75) is 38.6 Å². The highest BCUT2D eigenvalue weighted by atomic mass is 16.3. The van der Waals surface area contributed by atoms with Crippen molar-refractivity contribution >= 4 is 0 Å². The molecule has 0 rings (SSSR count). The van der Waals surface area contributed by atoms with Crippen LogP contribution in [-0.4, -0.2) is 65.2 Å². The minimum atomic E-state index is -0.891. The molecule has 0 spiro atoms. The van der Waals surface area contributed by atoms with Crippen LogP contribution in [0, 0.1) is 5.92 Å². The second kappa shape index (κ2) is 7.97. The van der Waals surface area contributed by atoms with Crippen LogP contribution in [0.2, 0.25) is 0 Å². The lowest BCUT2D eigenvalue weighted by Crippen LogP contribution is -2.41. The van der Waals surface area contributed by atoms with Gasteiger partial charge in [-0.25, -0.2) is 0 Å². The Morgan fingerprint density at radius 3 is 2.06 bits per heavy atom. The summed E-state index contributed by atoms with van der Waals surface area (Å²) >= 11 is 0. The van der Waals surface area contributed by atoms with E-state index in [1.54, 1.807) is 0 Å². The quantitative estimate of drug-likeness (QED) is 0.433. The van der Waals surface area contributed by atoms with E-state index >= 15 is 0 Å². The van der Waals surface area contributed by atoms with E-state index in [1.165, 1.54) is 0 Å². The molecular formula is C11H26N2O3. The van der Waals surface area contributed by atoms with Crippen LogP contribution in [0.5, 0.6) is 0 Å². The molecule has 0 saturated carbocycles. The first kappa shape index (κ1) is 15.8. The Morgan fingerprint density at radius 1 is 1.06 bits per heavy atom. The van der Waals surface area contributed by atoms with Gasteiger partial charge < -0.3 is 26.0 Å². The molecule has 0 aromatic carbocycles. The van der Waals surface area contributed by atoms with Gasteiger partial charge >= 0.3 is 0 Å². The maximum atomic E-state index is 9.70. The van der Waals surface area contributed by atoms with Gasteiger partial charge in [-0.05, 0) is 13.0 Å². The van der Waals surface area contributed by atoms with Crippen molar-refractivity contribution in [1.82, 2.24) is 4.90 Å². The number of hydrogen-bond acceptors (Lipinski definition) is 5. The summed E-state index contributed by atoms with van der Waals surface area (Å²) in [4.78, 5) is 1.86. The highest BCUT2D eigenvalue weighted by Gasteiger charge is 2.22. The summed E-state index contributed by atoms with van der Waals surface area (Å²) < 4.78 is 0. The Labute approximate surface area is 97.9 Å². The molecule has 0 saturated heterocycles. The third-order valence-corrected chi connectivity index (χ3v) is 2.71. The summed E-state index contributed by atoms with van der Waals surface area (Å²) in [6.45, 7) is 5.32. The standard InChI is InChI=1S/C11H26N2O3/c1-8(2)9(14)6-10(15)11(16)7-13(3)5-4-12/h8-11,14-16H,4-7,12H2,1-3H3/t9?,10-,11?/m0/s1. The summed E-state index contributed by atoms with van der Waals surface area (Å²) in [5, 5.41) is 29.0.